The molecule has 0 saturated carbocycles. The highest BCUT2D eigenvalue weighted by atomic mass is 16.5. The quantitative estimate of drug-likeness (QED) is 0.608. The minimum absolute atomic E-state index is 0.823. The first-order valence-electron chi connectivity index (χ1n) is 5.25. The fourth-order valence-electron chi connectivity index (χ4n) is 2.00. The summed E-state index contributed by atoms with van der Waals surface area (Å²) in [6.45, 7) is 0.823. The lowest BCUT2D eigenvalue weighted by molar-refractivity contribution is 0.356. The molecule has 0 spiro atoms. The van der Waals surface area contributed by atoms with E-state index in [2.05, 4.69) is 36.4 Å². The lowest BCUT2D eigenvalue weighted by Crippen LogP contribution is -2.24. The molecule has 1 aliphatic heterocycles. The Morgan fingerprint density at radius 3 is 2.40 bits per heavy atom. The molecular formula is C14H12O. The Labute approximate surface area is 88.7 Å². The molecule has 1 aromatic rings. The zero-order chi connectivity index (χ0) is 10.1. The second kappa shape index (κ2) is 3.43. The van der Waals surface area contributed by atoms with Crippen molar-refractivity contribution < 1.29 is 4.74 Å². The number of fused-ring (bicyclic) bond motifs is 2. The van der Waals surface area contributed by atoms with Gasteiger partial charge in [0.1, 0.15) is 5.75 Å². The summed E-state index contributed by atoms with van der Waals surface area (Å²) >= 11 is 0. The molecule has 0 amide bonds. The first-order valence-corrected chi connectivity index (χ1v) is 5.25. The van der Waals surface area contributed by atoms with E-state index in [-0.39, 0.29) is 0 Å². The smallest absolute Gasteiger partial charge is 0.123 e. The molecule has 15 heavy (non-hydrogen) atoms. The molecule has 0 saturated heterocycles. The van der Waals surface area contributed by atoms with E-state index in [4.69, 9.17) is 4.74 Å². The second-order valence-corrected chi connectivity index (χ2v) is 3.79. The van der Waals surface area contributed by atoms with Crippen LogP contribution in [0.15, 0.2) is 36.4 Å². The van der Waals surface area contributed by atoms with Crippen LogP contribution in [0.2, 0.25) is 0 Å². The Balaban J connectivity index is 2.33. The number of hydrogen-bond donors (Lipinski definition) is 0. The molecule has 0 aromatic heterocycles. The summed E-state index contributed by atoms with van der Waals surface area (Å²) in [5, 5.41) is 2.51. The minimum atomic E-state index is 0.823. The number of ether oxygens (including phenoxy) is 1. The van der Waals surface area contributed by atoms with Crippen LogP contribution in [0.5, 0.6) is 5.75 Å². The molecule has 0 N–H and O–H groups in total. The Bertz CT molecular complexity index is 511. The van der Waals surface area contributed by atoms with Crippen LogP contribution < -0.4 is 15.2 Å². The Morgan fingerprint density at radius 1 is 0.867 bits per heavy atom. The number of hydrogen-bond acceptors (Lipinski definition) is 1. The van der Waals surface area contributed by atoms with Crippen LogP contribution in [0.3, 0.4) is 0 Å². The van der Waals surface area contributed by atoms with Crippen LogP contribution in [0.4, 0.5) is 0 Å². The fourth-order valence-corrected chi connectivity index (χ4v) is 2.00. The minimum Gasteiger partial charge on any atom is -0.493 e. The van der Waals surface area contributed by atoms with Gasteiger partial charge in [0.25, 0.3) is 0 Å². The number of rotatable bonds is 0. The third-order valence-electron chi connectivity index (χ3n) is 2.78. The van der Waals surface area contributed by atoms with E-state index in [1.54, 1.807) is 0 Å². The largest absolute Gasteiger partial charge is 0.493 e. The highest BCUT2D eigenvalue weighted by Gasteiger charge is 2.11. The number of allylic oxidation sites excluding steroid dienone is 4. The van der Waals surface area contributed by atoms with Gasteiger partial charge < -0.3 is 4.74 Å². The summed E-state index contributed by atoms with van der Waals surface area (Å²) in [4.78, 5) is 0. The molecule has 2 aliphatic rings. The summed E-state index contributed by atoms with van der Waals surface area (Å²) in [7, 11) is 0. The summed E-state index contributed by atoms with van der Waals surface area (Å²) in [6.07, 6.45) is 13.5. The van der Waals surface area contributed by atoms with Gasteiger partial charge in [-0.1, -0.05) is 36.5 Å². The van der Waals surface area contributed by atoms with Crippen molar-refractivity contribution in [3.8, 4) is 5.75 Å². The predicted molar refractivity (Wildman–Crippen MR) is 62.1 cm³/mol. The molecule has 1 nitrogen and oxygen atoms in total. The first-order chi connectivity index (χ1) is 7.43. The van der Waals surface area contributed by atoms with E-state index >= 15 is 0 Å². The Morgan fingerprint density at radius 2 is 1.60 bits per heavy atom. The summed E-state index contributed by atoms with van der Waals surface area (Å²) in [5.74, 6) is 1.05. The van der Waals surface area contributed by atoms with Crippen molar-refractivity contribution in [1.29, 1.82) is 0 Å². The van der Waals surface area contributed by atoms with E-state index < -0.39 is 0 Å². The van der Waals surface area contributed by atoms with E-state index in [1.807, 2.05) is 12.2 Å². The maximum absolute atomic E-state index is 5.56. The zero-order valence-corrected chi connectivity index (χ0v) is 8.44. The second-order valence-electron chi connectivity index (χ2n) is 3.79. The zero-order valence-electron chi connectivity index (χ0n) is 8.44. The van der Waals surface area contributed by atoms with Crippen LogP contribution in [-0.4, -0.2) is 6.61 Å². The Hall–Kier alpha value is -1.76. The molecule has 0 atom stereocenters. The maximum atomic E-state index is 5.56. The van der Waals surface area contributed by atoms with Gasteiger partial charge in [-0.2, -0.15) is 0 Å². The summed E-state index contributed by atoms with van der Waals surface area (Å²) < 4.78 is 5.56. The van der Waals surface area contributed by atoms with E-state index in [9.17, 15) is 0 Å². The third-order valence-corrected chi connectivity index (χ3v) is 2.78. The van der Waals surface area contributed by atoms with Gasteiger partial charge in [0.15, 0.2) is 0 Å². The van der Waals surface area contributed by atoms with Crippen LogP contribution in [0.25, 0.3) is 12.2 Å². The lowest BCUT2D eigenvalue weighted by Gasteiger charge is -1.99. The molecule has 74 valence electrons. The topological polar surface area (TPSA) is 9.23 Å². The molecule has 0 radical (unpaired) electrons. The van der Waals surface area contributed by atoms with Gasteiger partial charge in [-0.25, -0.2) is 0 Å². The molecule has 0 bridgehead atoms. The van der Waals surface area contributed by atoms with Gasteiger partial charge in [0.2, 0.25) is 0 Å². The normalized spacial score (nSPS) is 25.3. The molecule has 1 heteroatoms. The molecule has 1 aromatic carbocycles. The van der Waals surface area contributed by atoms with E-state index in [1.165, 1.54) is 16.0 Å². The standard InChI is InChI=1S/C14H12O/c1-2-4-6-12-10-14-13(7-8-15-14)9-11(12)5-3-1/h1-6,9-10H,7-8H2/b2-1?,3-1-,4-2-,5-3?,6-4?,11-5-,12-6-. The van der Waals surface area contributed by atoms with Crippen molar-refractivity contribution in [3.63, 3.8) is 0 Å². The van der Waals surface area contributed by atoms with Crippen LogP contribution in [0, 0.1) is 0 Å². The molecule has 1 heterocycles. The highest BCUT2D eigenvalue weighted by molar-refractivity contribution is 5.51. The monoisotopic (exact) mass is 196 g/mol. The Kier molecular flexibility index (Phi) is 1.95. The van der Waals surface area contributed by atoms with Gasteiger partial charge in [-0.05, 0) is 28.1 Å². The molecule has 1 aliphatic carbocycles. The first kappa shape index (κ1) is 8.54. The van der Waals surface area contributed by atoms with Crippen molar-refractivity contribution in [2.24, 2.45) is 0 Å². The van der Waals surface area contributed by atoms with Crippen LogP contribution in [0.1, 0.15) is 5.56 Å². The number of benzene rings is 1. The molecular weight excluding hydrogens is 184 g/mol. The average Bonchev–Trinajstić information content (AvgIpc) is 2.64. The molecule has 0 fully saturated rings. The molecule has 3 rings (SSSR count). The fraction of sp³-hybridized carbons (Fsp3) is 0.143. The van der Waals surface area contributed by atoms with E-state index in [0.29, 0.717) is 0 Å². The van der Waals surface area contributed by atoms with E-state index in [0.717, 1.165) is 18.8 Å². The van der Waals surface area contributed by atoms with Crippen molar-refractivity contribution in [2.45, 2.75) is 6.42 Å². The van der Waals surface area contributed by atoms with Crippen molar-refractivity contribution >= 4 is 12.2 Å². The van der Waals surface area contributed by atoms with Gasteiger partial charge >= 0.3 is 0 Å². The average molecular weight is 196 g/mol. The lowest BCUT2D eigenvalue weighted by atomic mass is 10.1. The van der Waals surface area contributed by atoms with Gasteiger partial charge in [-0.15, -0.1) is 0 Å². The summed E-state index contributed by atoms with van der Waals surface area (Å²) in [5.41, 5.74) is 1.33. The SMILES string of the molecule is C1=C\C=c2\cc3c(c\c2=C\C=C/1)OCC3. The third kappa shape index (κ3) is 1.50. The van der Waals surface area contributed by atoms with Crippen LogP contribution >= 0.6 is 0 Å². The highest BCUT2D eigenvalue weighted by Crippen LogP contribution is 2.20. The predicted octanol–water partition coefficient (Wildman–Crippen LogP) is 1.31. The maximum Gasteiger partial charge on any atom is 0.123 e. The van der Waals surface area contributed by atoms with Crippen LogP contribution in [-0.2, 0) is 6.42 Å². The van der Waals surface area contributed by atoms with Crippen molar-refractivity contribution in [3.05, 3.63) is 52.4 Å². The molecule has 0 unspecified atom stereocenters. The van der Waals surface area contributed by atoms with Gasteiger partial charge in [0, 0.05) is 6.42 Å². The van der Waals surface area contributed by atoms with Gasteiger partial charge in [-0.3, -0.25) is 0 Å². The van der Waals surface area contributed by atoms with Crippen molar-refractivity contribution in [1.82, 2.24) is 0 Å². The van der Waals surface area contributed by atoms with Gasteiger partial charge in [0.05, 0.1) is 6.61 Å². The summed E-state index contributed by atoms with van der Waals surface area (Å²) in [6, 6.07) is 4.37. The van der Waals surface area contributed by atoms with Crippen molar-refractivity contribution in [2.75, 3.05) is 6.61 Å².